The monoisotopic (exact) mass is 341 g/mol. The zero-order chi connectivity index (χ0) is 14.7. The van der Waals surface area contributed by atoms with E-state index in [-0.39, 0.29) is 12.1 Å². The Labute approximate surface area is 124 Å². The first-order valence-electron chi connectivity index (χ1n) is 6.43. The smallest absolute Gasteiger partial charge is 0.326 e. The highest BCUT2D eigenvalue weighted by Gasteiger charge is 2.31. The van der Waals surface area contributed by atoms with E-state index in [4.69, 9.17) is 5.11 Å². The number of nitrogens with one attached hydrogen (secondary N) is 2. The Hall–Kier alpha value is -1.63. The van der Waals surface area contributed by atoms with E-state index in [0.717, 1.165) is 18.5 Å². The van der Waals surface area contributed by atoms with Crippen LogP contribution in [0.4, 0.5) is 0 Å². The molecular formula is C13H16BrN3O3. The van der Waals surface area contributed by atoms with Crippen molar-refractivity contribution in [3.63, 3.8) is 0 Å². The van der Waals surface area contributed by atoms with Crippen LogP contribution in [0, 0.1) is 0 Å². The molecule has 1 aromatic heterocycles. The fourth-order valence-electron chi connectivity index (χ4n) is 1.86. The van der Waals surface area contributed by atoms with Crippen molar-refractivity contribution in [1.82, 2.24) is 15.5 Å². The molecule has 3 N–H and O–H groups in total. The maximum atomic E-state index is 12.1. The molecule has 1 aliphatic rings. The summed E-state index contributed by atoms with van der Waals surface area (Å²) in [4.78, 5) is 23.2. The lowest BCUT2D eigenvalue weighted by atomic mass is 10.2. The number of nitrogens with zero attached hydrogens (tertiary/aromatic N) is 1. The molecule has 0 spiro atoms. The van der Waals surface area contributed by atoms with Gasteiger partial charge in [-0.05, 0) is 42.1 Å². The third kappa shape index (κ3) is 3.27. The van der Waals surface area contributed by atoms with Crippen molar-refractivity contribution < 1.29 is 14.7 Å². The number of carbonyl (C=O) groups is 2. The summed E-state index contributed by atoms with van der Waals surface area (Å²) in [6.07, 6.45) is 5.86. The maximum Gasteiger partial charge on any atom is 0.326 e. The average molecular weight is 342 g/mol. The highest BCUT2D eigenvalue weighted by Crippen LogP contribution is 2.42. The van der Waals surface area contributed by atoms with Crippen LogP contribution in [0.15, 0.2) is 16.6 Å². The standard InChI is InChI=1S/C13H16BrN3O3/c1-2-3-4-8(13(19)20)15-12(18)11-9(14)10(16-17-11)7-5-6-7/h2-3,7-8H,4-6H2,1H3,(H,15,18)(H,16,17)(H,19,20)/b3-2+. The van der Waals surface area contributed by atoms with E-state index in [0.29, 0.717) is 10.4 Å². The highest BCUT2D eigenvalue weighted by atomic mass is 79.9. The lowest BCUT2D eigenvalue weighted by molar-refractivity contribution is -0.139. The van der Waals surface area contributed by atoms with E-state index in [1.807, 2.05) is 0 Å². The Morgan fingerprint density at radius 1 is 1.60 bits per heavy atom. The number of H-pyrrole nitrogens is 1. The molecule has 1 heterocycles. The number of aliphatic carboxylic acids is 1. The molecule has 1 atom stereocenters. The minimum atomic E-state index is -1.06. The molecule has 1 aliphatic carbocycles. The van der Waals surface area contributed by atoms with Crippen molar-refractivity contribution in [3.05, 3.63) is 28.0 Å². The van der Waals surface area contributed by atoms with E-state index in [9.17, 15) is 9.59 Å². The number of hydrogen-bond acceptors (Lipinski definition) is 3. The van der Waals surface area contributed by atoms with Gasteiger partial charge in [-0.1, -0.05) is 12.2 Å². The molecule has 20 heavy (non-hydrogen) atoms. The van der Waals surface area contributed by atoms with E-state index >= 15 is 0 Å². The van der Waals surface area contributed by atoms with Crippen LogP contribution in [-0.2, 0) is 4.79 Å². The van der Waals surface area contributed by atoms with Gasteiger partial charge in [0.15, 0.2) is 5.69 Å². The molecule has 1 aromatic rings. The molecule has 0 aromatic carbocycles. The van der Waals surface area contributed by atoms with Crippen LogP contribution in [-0.4, -0.2) is 33.2 Å². The second-order valence-corrected chi connectivity index (χ2v) is 5.54. The first kappa shape index (κ1) is 14.8. The predicted molar refractivity (Wildman–Crippen MR) is 76.6 cm³/mol. The van der Waals surface area contributed by atoms with Crippen LogP contribution >= 0.6 is 15.9 Å². The van der Waals surface area contributed by atoms with E-state index < -0.39 is 17.9 Å². The molecule has 0 radical (unpaired) electrons. The van der Waals surface area contributed by atoms with Crippen LogP contribution < -0.4 is 5.32 Å². The normalized spacial score (nSPS) is 16.3. The molecular weight excluding hydrogens is 326 g/mol. The Bertz CT molecular complexity index is 549. The SMILES string of the molecule is C/C=C/CC(NC(=O)c1n[nH]c(C2CC2)c1Br)C(=O)O. The summed E-state index contributed by atoms with van der Waals surface area (Å²) >= 11 is 3.36. The number of allylic oxidation sites excluding steroid dienone is 1. The summed E-state index contributed by atoms with van der Waals surface area (Å²) in [5, 5.41) is 18.4. The molecule has 6 nitrogen and oxygen atoms in total. The largest absolute Gasteiger partial charge is 0.480 e. The number of carboxylic acids is 1. The molecule has 0 bridgehead atoms. The third-order valence-corrected chi connectivity index (χ3v) is 3.95. The average Bonchev–Trinajstić information content (AvgIpc) is 3.17. The predicted octanol–water partition coefficient (Wildman–Crippen LogP) is 2.20. The molecule has 1 unspecified atom stereocenters. The summed E-state index contributed by atoms with van der Waals surface area (Å²) in [6.45, 7) is 1.80. The van der Waals surface area contributed by atoms with Crippen molar-refractivity contribution in [1.29, 1.82) is 0 Å². The lowest BCUT2D eigenvalue weighted by Gasteiger charge is -2.11. The minimum absolute atomic E-state index is 0.207. The maximum absolute atomic E-state index is 12.1. The summed E-state index contributed by atoms with van der Waals surface area (Å²) < 4.78 is 0.632. The van der Waals surface area contributed by atoms with Gasteiger partial charge >= 0.3 is 5.97 Å². The van der Waals surface area contributed by atoms with Gasteiger partial charge in [-0.15, -0.1) is 0 Å². The lowest BCUT2D eigenvalue weighted by Crippen LogP contribution is -2.40. The molecule has 1 saturated carbocycles. The summed E-state index contributed by atoms with van der Waals surface area (Å²) in [5.74, 6) is -1.13. The van der Waals surface area contributed by atoms with Gasteiger partial charge in [-0.2, -0.15) is 5.10 Å². The minimum Gasteiger partial charge on any atom is -0.480 e. The first-order chi connectivity index (χ1) is 9.54. The topological polar surface area (TPSA) is 95.1 Å². The molecule has 1 fully saturated rings. The van der Waals surface area contributed by atoms with Gasteiger partial charge in [0.25, 0.3) is 5.91 Å². The Kier molecular flexibility index (Phi) is 4.59. The quantitative estimate of drug-likeness (QED) is 0.691. The molecule has 2 rings (SSSR count). The Morgan fingerprint density at radius 2 is 2.30 bits per heavy atom. The van der Waals surface area contributed by atoms with Crippen LogP contribution in [0.5, 0.6) is 0 Å². The number of amides is 1. The van der Waals surface area contributed by atoms with E-state index in [1.54, 1.807) is 19.1 Å². The van der Waals surface area contributed by atoms with Crippen LogP contribution in [0.3, 0.4) is 0 Å². The number of aromatic nitrogens is 2. The van der Waals surface area contributed by atoms with Gasteiger partial charge in [0.2, 0.25) is 0 Å². The number of carbonyl (C=O) groups excluding carboxylic acids is 1. The second-order valence-electron chi connectivity index (χ2n) is 4.74. The van der Waals surface area contributed by atoms with Gasteiger partial charge in [0.05, 0.1) is 10.2 Å². The Balaban J connectivity index is 2.08. The molecule has 0 aliphatic heterocycles. The van der Waals surface area contributed by atoms with Crippen molar-refractivity contribution >= 4 is 27.8 Å². The van der Waals surface area contributed by atoms with Gasteiger partial charge in [-0.3, -0.25) is 9.89 Å². The molecule has 0 saturated heterocycles. The zero-order valence-electron chi connectivity index (χ0n) is 11.0. The number of carboxylic acid groups (broad SMARTS) is 1. The molecule has 1 amide bonds. The van der Waals surface area contributed by atoms with Gasteiger partial charge in [0.1, 0.15) is 6.04 Å². The number of halogens is 1. The summed E-state index contributed by atoms with van der Waals surface area (Å²) in [5.41, 5.74) is 1.12. The number of aromatic amines is 1. The van der Waals surface area contributed by atoms with E-state index in [1.165, 1.54) is 0 Å². The van der Waals surface area contributed by atoms with Crippen molar-refractivity contribution in [2.75, 3.05) is 0 Å². The fraction of sp³-hybridized carbons (Fsp3) is 0.462. The fourth-order valence-corrected chi connectivity index (χ4v) is 2.54. The van der Waals surface area contributed by atoms with Crippen LogP contribution in [0.2, 0.25) is 0 Å². The summed E-state index contributed by atoms with van der Waals surface area (Å²) in [6, 6.07) is -0.952. The summed E-state index contributed by atoms with van der Waals surface area (Å²) in [7, 11) is 0. The van der Waals surface area contributed by atoms with Crippen molar-refractivity contribution in [2.24, 2.45) is 0 Å². The number of rotatable bonds is 6. The van der Waals surface area contributed by atoms with Crippen LogP contribution in [0.1, 0.15) is 48.3 Å². The Morgan fingerprint density at radius 3 is 2.85 bits per heavy atom. The molecule has 108 valence electrons. The van der Waals surface area contributed by atoms with Crippen LogP contribution in [0.25, 0.3) is 0 Å². The first-order valence-corrected chi connectivity index (χ1v) is 7.22. The van der Waals surface area contributed by atoms with Gasteiger partial charge in [0, 0.05) is 5.92 Å². The third-order valence-electron chi connectivity index (χ3n) is 3.14. The number of hydrogen-bond donors (Lipinski definition) is 3. The highest BCUT2D eigenvalue weighted by molar-refractivity contribution is 9.10. The van der Waals surface area contributed by atoms with Gasteiger partial charge < -0.3 is 10.4 Å². The molecule has 7 heteroatoms. The second kappa shape index (κ2) is 6.21. The van der Waals surface area contributed by atoms with Crippen molar-refractivity contribution in [2.45, 2.75) is 38.1 Å². The van der Waals surface area contributed by atoms with E-state index in [2.05, 4.69) is 31.4 Å². The van der Waals surface area contributed by atoms with Gasteiger partial charge in [-0.25, -0.2) is 4.79 Å². The van der Waals surface area contributed by atoms with Crippen molar-refractivity contribution in [3.8, 4) is 0 Å². The zero-order valence-corrected chi connectivity index (χ0v) is 12.6.